The number of aromatic nitrogens is 2. The van der Waals surface area contributed by atoms with Gasteiger partial charge in [-0.2, -0.15) is 0 Å². The molecule has 0 aliphatic rings. The Bertz CT molecular complexity index is 406. The molecule has 0 unspecified atom stereocenters. The number of methoxy groups -OCH3 is 1. The monoisotopic (exact) mass is 162 g/mol. The van der Waals surface area contributed by atoms with E-state index < -0.39 is 0 Å². The summed E-state index contributed by atoms with van der Waals surface area (Å²) in [5.41, 5.74) is 2.23. The maximum absolute atomic E-state index is 5.11. The first-order valence-corrected chi connectivity index (χ1v) is 3.79. The summed E-state index contributed by atoms with van der Waals surface area (Å²) in [6, 6.07) is 1.97. The van der Waals surface area contributed by atoms with Crippen LogP contribution in [0.3, 0.4) is 0 Å². The molecular weight excluding hydrogens is 152 g/mol. The number of nitrogens with one attached hydrogen (secondary N) is 1. The first-order chi connectivity index (χ1) is 5.83. The fraction of sp³-hybridized carbons (Fsp3) is 0.222. The van der Waals surface area contributed by atoms with Gasteiger partial charge in [-0.3, -0.25) is 0 Å². The Balaban J connectivity index is 2.82. The van der Waals surface area contributed by atoms with E-state index in [0.717, 1.165) is 16.5 Å². The van der Waals surface area contributed by atoms with Crippen molar-refractivity contribution in [2.45, 2.75) is 6.92 Å². The van der Waals surface area contributed by atoms with Crippen LogP contribution in [0.4, 0.5) is 0 Å². The standard InChI is InChI=1S/C9H10N2O/c1-6-5-11-9(12-2)7-3-4-10-8(6)7/h3-5,10H,1-2H3. The molecule has 0 fully saturated rings. The minimum atomic E-state index is 0.678. The predicted octanol–water partition coefficient (Wildman–Crippen LogP) is 1.88. The topological polar surface area (TPSA) is 37.9 Å². The summed E-state index contributed by atoms with van der Waals surface area (Å²) in [7, 11) is 1.63. The van der Waals surface area contributed by atoms with Gasteiger partial charge in [0, 0.05) is 12.4 Å². The van der Waals surface area contributed by atoms with Crippen molar-refractivity contribution in [3.63, 3.8) is 0 Å². The van der Waals surface area contributed by atoms with E-state index in [1.807, 2.05) is 19.2 Å². The SMILES string of the molecule is COc1ncc(C)c2[nH]ccc12. The molecule has 0 bridgehead atoms. The van der Waals surface area contributed by atoms with Crippen LogP contribution in [0, 0.1) is 6.92 Å². The second-order valence-corrected chi connectivity index (χ2v) is 2.72. The van der Waals surface area contributed by atoms with Crippen LogP contribution in [-0.4, -0.2) is 17.1 Å². The van der Waals surface area contributed by atoms with Crippen molar-refractivity contribution in [2.24, 2.45) is 0 Å². The Labute approximate surface area is 70.4 Å². The maximum atomic E-state index is 5.11. The van der Waals surface area contributed by atoms with Crippen molar-refractivity contribution in [2.75, 3.05) is 7.11 Å². The third-order valence-corrected chi connectivity index (χ3v) is 1.94. The van der Waals surface area contributed by atoms with E-state index in [-0.39, 0.29) is 0 Å². The van der Waals surface area contributed by atoms with Gasteiger partial charge in [-0.1, -0.05) is 0 Å². The summed E-state index contributed by atoms with van der Waals surface area (Å²) in [6.07, 6.45) is 3.69. The number of rotatable bonds is 1. The van der Waals surface area contributed by atoms with Crippen LogP contribution in [0.25, 0.3) is 10.9 Å². The Kier molecular flexibility index (Phi) is 1.50. The molecule has 0 saturated heterocycles. The number of pyridine rings is 1. The highest BCUT2D eigenvalue weighted by Crippen LogP contribution is 2.23. The van der Waals surface area contributed by atoms with E-state index >= 15 is 0 Å². The van der Waals surface area contributed by atoms with Gasteiger partial charge in [0.1, 0.15) is 0 Å². The fourth-order valence-corrected chi connectivity index (χ4v) is 1.33. The summed E-state index contributed by atoms with van der Waals surface area (Å²) in [6.45, 7) is 2.02. The number of nitrogens with zero attached hydrogens (tertiary/aromatic N) is 1. The molecule has 0 aromatic carbocycles. The molecule has 1 N–H and O–H groups in total. The highest BCUT2D eigenvalue weighted by atomic mass is 16.5. The fourth-order valence-electron chi connectivity index (χ4n) is 1.33. The van der Waals surface area contributed by atoms with Gasteiger partial charge in [0.2, 0.25) is 5.88 Å². The maximum Gasteiger partial charge on any atom is 0.222 e. The van der Waals surface area contributed by atoms with Gasteiger partial charge in [0.25, 0.3) is 0 Å². The van der Waals surface area contributed by atoms with Crippen LogP contribution >= 0.6 is 0 Å². The van der Waals surface area contributed by atoms with E-state index in [1.54, 1.807) is 13.3 Å². The van der Waals surface area contributed by atoms with Crippen LogP contribution in [0.5, 0.6) is 5.88 Å². The number of hydrogen-bond donors (Lipinski definition) is 1. The minimum Gasteiger partial charge on any atom is -0.481 e. The number of aromatic amines is 1. The predicted molar refractivity (Wildman–Crippen MR) is 47.4 cm³/mol. The molecule has 0 aliphatic heterocycles. The molecule has 2 rings (SSSR count). The Morgan fingerprint density at radius 3 is 3.08 bits per heavy atom. The number of fused-ring (bicyclic) bond motifs is 1. The second kappa shape index (κ2) is 2.52. The Morgan fingerprint density at radius 2 is 2.33 bits per heavy atom. The van der Waals surface area contributed by atoms with E-state index in [2.05, 4.69) is 9.97 Å². The molecule has 0 radical (unpaired) electrons. The molecular formula is C9H10N2O. The lowest BCUT2D eigenvalue weighted by Gasteiger charge is -2.01. The lowest BCUT2D eigenvalue weighted by molar-refractivity contribution is 0.403. The van der Waals surface area contributed by atoms with Crippen LogP contribution in [0.1, 0.15) is 5.56 Å². The summed E-state index contributed by atoms with van der Waals surface area (Å²) in [5, 5.41) is 1.04. The normalized spacial score (nSPS) is 10.5. The molecule has 0 atom stereocenters. The largest absolute Gasteiger partial charge is 0.481 e. The van der Waals surface area contributed by atoms with Gasteiger partial charge in [-0.15, -0.1) is 0 Å². The zero-order valence-electron chi connectivity index (χ0n) is 7.09. The van der Waals surface area contributed by atoms with Crippen molar-refractivity contribution in [3.05, 3.63) is 24.0 Å². The highest BCUT2D eigenvalue weighted by molar-refractivity contribution is 5.86. The van der Waals surface area contributed by atoms with Crippen molar-refractivity contribution >= 4 is 10.9 Å². The van der Waals surface area contributed by atoms with E-state index in [9.17, 15) is 0 Å². The number of ether oxygens (including phenoxy) is 1. The zero-order valence-corrected chi connectivity index (χ0v) is 7.09. The van der Waals surface area contributed by atoms with E-state index in [1.165, 1.54) is 0 Å². The highest BCUT2D eigenvalue weighted by Gasteiger charge is 2.04. The van der Waals surface area contributed by atoms with Crippen LogP contribution in [-0.2, 0) is 0 Å². The van der Waals surface area contributed by atoms with Crippen LogP contribution < -0.4 is 4.74 Å². The van der Waals surface area contributed by atoms with Crippen molar-refractivity contribution < 1.29 is 4.74 Å². The van der Waals surface area contributed by atoms with Crippen LogP contribution in [0.15, 0.2) is 18.5 Å². The summed E-state index contributed by atoms with van der Waals surface area (Å²) < 4.78 is 5.11. The molecule has 2 aromatic heterocycles. The lowest BCUT2D eigenvalue weighted by Crippen LogP contribution is -1.88. The summed E-state index contributed by atoms with van der Waals surface area (Å²) in [5.74, 6) is 0.678. The van der Waals surface area contributed by atoms with Gasteiger partial charge in [-0.05, 0) is 18.6 Å². The molecule has 0 saturated carbocycles. The molecule has 2 heterocycles. The third kappa shape index (κ3) is 0.863. The number of aryl methyl sites for hydroxylation is 1. The smallest absolute Gasteiger partial charge is 0.222 e. The first kappa shape index (κ1) is 7.16. The molecule has 12 heavy (non-hydrogen) atoms. The third-order valence-electron chi connectivity index (χ3n) is 1.94. The zero-order chi connectivity index (χ0) is 8.55. The van der Waals surface area contributed by atoms with Gasteiger partial charge in [-0.25, -0.2) is 4.98 Å². The molecule has 0 aliphatic carbocycles. The van der Waals surface area contributed by atoms with Crippen molar-refractivity contribution in [3.8, 4) is 5.88 Å². The molecule has 0 amide bonds. The Hall–Kier alpha value is -1.51. The minimum absolute atomic E-state index is 0.678. The van der Waals surface area contributed by atoms with Gasteiger partial charge < -0.3 is 9.72 Å². The quantitative estimate of drug-likeness (QED) is 0.695. The van der Waals surface area contributed by atoms with E-state index in [4.69, 9.17) is 4.74 Å². The molecule has 62 valence electrons. The average molecular weight is 162 g/mol. The molecule has 3 nitrogen and oxygen atoms in total. The molecule has 3 heteroatoms. The molecule has 0 spiro atoms. The number of hydrogen-bond acceptors (Lipinski definition) is 2. The Morgan fingerprint density at radius 1 is 1.50 bits per heavy atom. The molecule has 2 aromatic rings. The summed E-state index contributed by atoms with van der Waals surface area (Å²) in [4.78, 5) is 7.30. The number of H-pyrrole nitrogens is 1. The average Bonchev–Trinajstić information content (AvgIpc) is 2.54. The lowest BCUT2D eigenvalue weighted by atomic mass is 10.2. The van der Waals surface area contributed by atoms with Crippen LogP contribution in [0.2, 0.25) is 0 Å². The van der Waals surface area contributed by atoms with Crippen molar-refractivity contribution in [1.82, 2.24) is 9.97 Å². The first-order valence-electron chi connectivity index (χ1n) is 3.79. The van der Waals surface area contributed by atoms with E-state index in [0.29, 0.717) is 5.88 Å². The summed E-state index contributed by atoms with van der Waals surface area (Å²) >= 11 is 0. The van der Waals surface area contributed by atoms with Crippen molar-refractivity contribution in [1.29, 1.82) is 0 Å². The second-order valence-electron chi connectivity index (χ2n) is 2.72. The van der Waals surface area contributed by atoms with Gasteiger partial charge in [0.05, 0.1) is 18.0 Å². The van der Waals surface area contributed by atoms with Gasteiger partial charge >= 0.3 is 0 Å². The van der Waals surface area contributed by atoms with Gasteiger partial charge in [0.15, 0.2) is 0 Å².